The zero-order valence-corrected chi connectivity index (χ0v) is 20.5. The maximum atomic E-state index is 12.0. The SMILES string of the molecule is CC(c1ccc(Oc2ccc3c(c2)C(=O)CC3=O)cc1)c1ccc(Oc2ccc3c(c2)C(=O)CC3=O)cc1. The van der Waals surface area contributed by atoms with E-state index in [-0.39, 0.29) is 41.9 Å². The largest absolute Gasteiger partial charge is 0.457 e. The Morgan fingerprint density at radius 3 is 1.21 bits per heavy atom. The van der Waals surface area contributed by atoms with Crippen LogP contribution in [0.25, 0.3) is 0 Å². The predicted octanol–water partition coefficient (Wildman–Crippen LogP) is 6.96. The molecule has 0 heterocycles. The van der Waals surface area contributed by atoms with E-state index in [0.717, 1.165) is 11.1 Å². The quantitative estimate of drug-likeness (QED) is 0.265. The Morgan fingerprint density at radius 2 is 0.816 bits per heavy atom. The maximum absolute atomic E-state index is 12.0. The minimum Gasteiger partial charge on any atom is -0.457 e. The van der Waals surface area contributed by atoms with E-state index in [1.807, 2.05) is 48.5 Å². The molecular weight excluding hydrogens is 480 g/mol. The molecule has 6 nitrogen and oxygen atoms in total. The Kier molecular flexibility index (Phi) is 5.72. The van der Waals surface area contributed by atoms with Crippen LogP contribution in [0.3, 0.4) is 0 Å². The molecule has 0 N–H and O–H groups in total. The normalized spacial score (nSPS) is 14.2. The molecule has 38 heavy (non-hydrogen) atoms. The molecule has 0 amide bonds. The molecule has 0 atom stereocenters. The van der Waals surface area contributed by atoms with Crippen molar-refractivity contribution in [2.45, 2.75) is 25.7 Å². The molecule has 2 aliphatic carbocycles. The first kappa shape index (κ1) is 23.6. The predicted molar refractivity (Wildman–Crippen MR) is 140 cm³/mol. The van der Waals surface area contributed by atoms with E-state index >= 15 is 0 Å². The lowest BCUT2D eigenvalue weighted by Crippen LogP contribution is -1.97. The van der Waals surface area contributed by atoms with Crippen molar-refractivity contribution in [3.63, 3.8) is 0 Å². The molecule has 0 aliphatic heterocycles. The van der Waals surface area contributed by atoms with Gasteiger partial charge < -0.3 is 9.47 Å². The number of Topliss-reactive ketones (excluding diaryl/α,β-unsaturated/α-hetero) is 4. The van der Waals surface area contributed by atoms with E-state index in [2.05, 4.69) is 6.92 Å². The second-order valence-corrected chi connectivity index (χ2v) is 9.52. The van der Waals surface area contributed by atoms with Crippen LogP contribution in [0, 0.1) is 0 Å². The van der Waals surface area contributed by atoms with Crippen LogP contribution in [0.15, 0.2) is 84.9 Å². The molecule has 0 saturated carbocycles. The van der Waals surface area contributed by atoms with Gasteiger partial charge in [0.25, 0.3) is 0 Å². The van der Waals surface area contributed by atoms with Crippen LogP contribution in [0.1, 0.15) is 78.2 Å². The summed E-state index contributed by atoms with van der Waals surface area (Å²) in [5.41, 5.74) is 3.96. The summed E-state index contributed by atoms with van der Waals surface area (Å²) in [6, 6.07) is 25.4. The first-order chi connectivity index (χ1) is 18.4. The second kappa shape index (κ2) is 9.23. The van der Waals surface area contributed by atoms with Gasteiger partial charge in [-0.25, -0.2) is 0 Å². The third kappa shape index (κ3) is 4.30. The van der Waals surface area contributed by atoms with Gasteiger partial charge in [0.2, 0.25) is 0 Å². The fourth-order valence-corrected chi connectivity index (χ4v) is 4.91. The summed E-state index contributed by atoms with van der Waals surface area (Å²) < 4.78 is 11.8. The smallest absolute Gasteiger partial charge is 0.171 e. The zero-order valence-electron chi connectivity index (χ0n) is 20.5. The van der Waals surface area contributed by atoms with Crippen molar-refractivity contribution in [1.29, 1.82) is 0 Å². The van der Waals surface area contributed by atoms with Gasteiger partial charge in [-0.15, -0.1) is 0 Å². The molecule has 2 aliphatic rings. The van der Waals surface area contributed by atoms with Crippen molar-refractivity contribution < 1.29 is 28.7 Å². The standard InChI is InChI=1S/C32H22O6/c1-18(19-2-6-21(7-3-19)37-23-10-12-25-27(14-23)31(35)16-29(25)33)20-4-8-22(9-5-20)38-24-11-13-26-28(15-24)32(36)17-30(26)34/h2-15,18H,16-17H2,1H3. The number of ether oxygens (including phenoxy) is 2. The Labute approximate surface area is 218 Å². The van der Waals surface area contributed by atoms with Gasteiger partial charge in [-0.2, -0.15) is 0 Å². The lowest BCUT2D eigenvalue weighted by molar-refractivity contribution is 0.0906. The van der Waals surface area contributed by atoms with Crippen LogP contribution >= 0.6 is 0 Å². The molecule has 0 unspecified atom stereocenters. The lowest BCUT2D eigenvalue weighted by atomic mass is 9.93. The molecule has 4 aromatic rings. The lowest BCUT2D eigenvalue weighted by Gasteiger charge is -2.15. The summed E-state index contributed by atoms with van der Waals surface area (Å²) in [6.07, 6.45) is -0.147. The van der Waals surface area contributed by atoms with Crippen LogP contribution in [-0.2, 0) is 0 Å². The Bertz CT molecular complexity index is 1510. The van der Waals surface area contributed by atoms with E-state index in [9.17, 15) is 19.2 Å². The summed E-state index contributed by atoms with van der Waals surface area (Å²) >= 11 is 0. The van der Waals surface area contributed by atoms with Crippen LogP contribution in [0.5, 0.6) is 23.0 Å². The average molecular weight is 503 g/mol. The first-order valence-corrected chi connectivity index (χ1v) is 12.3. The Morgan fingerprint density at radius 1 is 0.474 bits per heavy atom. The van der Waals surface area contributed by atoms with Gasteiger partial charge in [-0.05, 0) is 71.8 Å². The van der Waals surface area contributed by atoms with E-state index in [0.29, 0.717) is 45.3 Å². The van der Waals surface area contributed by atoms with Gasteiger partial charge in [0.1, 0.15) is 23.0 Å². The van der Waals surface area contributed by atoms with Crippen molar-refractivity contribution >= 4 is 23.1 Å². The summed E-state index contributed by atoms with van der Waals surface area (Å²) in [5.74, 6) is 1.78. The molecule has 4 aromatic carbocycles. The van der Waals surface area contributed by atoms with Gasteiger partial charge in [0, 0.05) is 28.2 Å². The number of rotatable bonds is 6. The Balaban J connectivity index is 1.12. The molecule has 0 bridgehead atoms. The van der Waals surface area contributed by atoms with Crippen molar-refractivity contribution in [3.05, 3.63) is 118 Å². The van der Waals surface area contributed by atoms with Crippen LogP contribution in [-0.4, -0.2) is 23.1 Å². The molecule has 6 heteroatoms. The number of fused-ring (bicyclic) bond motifs is 2. The average Bonchev–Trinajstić information content (AvgIpc) is 3.37. The highest BCUT2D eigenvalue weighted by molar-refractivity contribution is 6.25. The summed E-state index contributed by atoms with van der Waals surface area (Å²) in [4.78, 5) is 47.7. The topological polar surface area (TPSA) is 86.7 Å². The van der Waals surface area contributed by atoms with Crippen LogP contribution in [0.4, 0.5) is 0 Å². The highest BCUT2D eigenvalue weighted by atomic mass is 16.5. The maximum Gasteiger partial charge on any atom is 0.171 e. The van der Waals surface area contributed by atoms with Crippen molar-refractivity contribution in [2.75, 3.05) is 0 Å². The van der Waals surface area contributed by atoms with Crippen molar-refractivity contribution in [1.82, 2.24) is 0 Å². The number of carbonyl (C=O) groups is 4. The van der Waals surface area contributed by atoms with Gasteiger partial charge in [-0.3, -0.25) is 19.2 Å². The fraction of sp³-hybridized carbons (Fsp3) is 0.125. The highest BCUT2D eigenvalue weighted by Gasteiger charge is 2.28. The van der Waals surface area contributed by atoms with E-state index < -0.39 is 0 Å². The summed E-state index contributed by atoms with van der Waals surface area (Å²) in [7, 11) is 0. The van der Waals surface area contributed by atoms with E-state index in [1.54, 1.807) is 36.4 Å². The van der Waals surface area contributed by atoms with E-state index in [4.69, 9.17) is 9.47 Å². The molecule has 0 saturated heterocycles. The zero-order chi connectivity index (χ0) is 26.4. The minimum absolute atomic E-state index is 0.0737. The number of benzene rings is 4. The molecule has 0 radical (unpaired) electrons. The number of carbonyl (C=O) groups excluding carboxylic acids is 4. The first-order valence-electron chi connectivity index (χ1n) is 12.3. The molecule has 6 rings (SSSR count). The third-order valence-electron chi connectivity index (χ3n) is 7.06. The monoisotopic (exact) mass is 502 g/mol. The number of hydrogen-bond donors (Lipinski definition) is 0. The summed E-state index contributed by atoms with van der Waals surface area (Å²) in [6.45, 7) is 2.11. The second-order valence-electron chi connectivity index (χ2n) is 9.52. The van der Waals surface area contributed by atoms with Gasteiger partial charge >= 0.3 is 0 Å². The summed E-state index contributed by atoms with van der Waals surface area (Å²) in [5, 5.41) is 0. The molecule has 186 valence electrons. The number of ketones is 4. The molecule has 0 spiro atoms. The van der Waals surface area contributed by atoms with Crippen molar-refractivity contribution in [3.8, 4) is 23.0 Å². The van der Waals surface area contributed by atoms with Gasteiger partial charge in [0.15, 0.2) is 23.1 Å². The van der Waals surface area contributed by atoms with Gasteiger partial charge in [0.05, 0.1) is 12.8 Å². The highest BCUT2D eigenvalue weighted by Crippen LogP contribution is 2.33. The minimum atomic E-state index is -0.171. The Hall–Kier alpha value is -4.84. The molecule has 0 fully saturated rings. The van der Waals surface area contributed by atoms with E-state index in [1.165, 1.54) is 0 Å². The number of hydrogen-bond acceptors (Lipinski definition) is 6. The third-order valence-corrected chi connectivity index (χ3v) is 7.06. The van der Waals surface area contributed by atoms with Crippen molar-refractivity contribution in [2.24, 2.45) is 0 Å². The fourth-order valence-electron chi connectivity index (χ4n) is 4.91. The molecule has 0 aromatic heterocycles. The molecular formula is C32H22O6. The van der Waals surface area contributed by atoms with Crippen LogP contribution in [0.2, 0.25) is 0 Å². The van der Waals surface area contributed by atoms with Gasteiger partial charge in [-0.1, -0.05) is 31.2 Å². The van der Waals surface area contributed by atoms with Crippen LogP contribution < -0.4 is 9.47 Å².